The molecule has 1 aromatic carbocycles. The number of benzene rings is 1. The van der Waals surface area contributed by atoms with Gasteiger partial charge >= 0.3 is 0 Å². The fourth-order valence-electron chi connectivity index (χ4n) is 4.20. The van der Waals surface area contributed by atoms with Gasteiger partial charge in [-0.3, -0.25) is 9.59 Å². The Morgan fingerprint density at radius 3 is 2.27 bits per heavy atom. The van der Waals surface area contributed by atoms with Crippen molar-refractivity contribution in [2.75, 3.05) is 84.1 Å². The fourth-order valence-corrected chi connectivity index (χ4v) is 4.36. The van der Waals surface area contributed by atoms with Gasteiger partial charge in [0.1, 0.15) is 17.4 Å². The first-order valence-electron chi connectivity index (χ1n) is 15.4. The maximum atomic E-state index is 12.3. The van der Waals surface area contributed by atoms with E-state index in [0.29, 0.717) is 69.5 Å². The van der Waals surface area contributed by atoms with Crippen molar-refractivity contribution in [3.63, 3.8) is 0 Å². The van der Waals surface area contributed by atoms with Gasteiger partial charge < -0.3 is 39.8 Å². The van der Waals surface area contributed by atoms with E-state index in [1.807, 2.05) is 31.3 Å². The average Bonchev–Trinajstić information content (AvgIpc) is 3.00. The second-order valence-corrected chi connectivity index (χ2v) is 11.0. The minimum absolute atomic E-state index is 0.0918. The molecule has 0 saturated heterocycles. The third-order valence-corrected chi connectivity index (χ3v) is 7.32. The summed E-state index contributed by atoms with van der Waals surface area (Å²) < 4.78 is 22.3. The molecule has 44 heavy (non-hydrogen) atoms. The van der Waals surface area contributed by atoms with E-state index in [2.05, 4.69) is 25.9 Å². The summed E-state index contributed by atoms with van der Waals surface area (Å²) in [4.78, 5) is 33.9. The number of hydrogen-bond acceptors (Lipinski definition) is 10. The number of rotatable bonds is 23. The molecule has 0 bridgehead atoms. The van der Waals surface area contributed by atoms with Gasteiger partial charge in [-0.2, -0.15) is 4.98 Å². The van der Waals surface area contributed by atoms with Crippen molar-refractivity contribution in [2.24, 2.45) is 5.92 Å². The third kappa shape index (κ3) is 13.6. The second-order valence-electron chi connectivity index (χ2n) is 10.6. The Labute approximate surface area is 265 Å². The van der Waals surface area contributed by atoms with Gasteiger partial charge in [-0.1, -0.05) is 18.0 Å². The van der Waals surface area contributed by atoms with Crippen LogP contribution in [0.1, 0.15) is 44.9 Å². The van der Waals surface area contributed by atoms with Crippen LogP contribution in [0.2, 0.25) is 5.02 Å². The van der Waals surface area contributed by atoms with E-state index < -0.39 is 0 Å². The van der Waals surface area contributed by atoms with Crippen molar-refractivity contribution in [3.8, 4) is 5.75 Å². The van der Waals surface area contributed by atoms with Crippen LogP contribution in [0.5, 0.6) is 5.75 Å². The summed E-state index contributed by atoms with van der Waals surface area (Å²) >= 11 is 6.28. The summed E-state index contributed by atoms with van der Waals surface area (Å²) in [7, 11) is 3.42. The molecule has 1 aliphatic rings. The standard InChI is InChI=1S/C31H47ClN6O6/c1-33-28(39)23-43-20-6-18-41-16-3-4-17-42-19-7-21-44-26-12-10-25(11-13-26)36-31-35-22-27(32)29(37-31)34-14-15-38(2)30(40)24-8-5-9-24/h10-13,22,24H,3-9,14-21,23H2,1-2H3,(H,33,39)(H2,34,35,36,37). The molecule has 0 atom stereocenters. The number of carbonyl (C=O) groups is 2. The van der Waals surface area contributed by atoms with Crippen LogP contribution < -0.4 is 20.7 Å². The molecular weight excluding hydrogens is 588 g/mol. The average molecular weight is 635 g/mol. The van der Waals surface area contributed by atoms with E-state index >= 15 is 0 Å². The van der Waals surface area contributed by atoms with Gasteiger partial charge in [0, 0.05) is 78.2 Å². The Balaban J connectivity index is 1.21. The van der Waals surface area contributed by atoms with Gasteiger partial charge in [0.15, 0.2) is 5.82 Å². The number of amides is 2. The molecule has 2 aromatic rings. The van der Waals surface area contributed by atoms with Crippen LogP contribution in [0.15, 0.2) is 30.5 Å². The Kier molecular flexibility index (Phi) is 16.6. The number of unbranched alkanes of at least 4 members (excludes halogenated alkanes) is 1. The molecular formula is C31H47ClN6O6. The Morgan fingerprint density at radius 1 is 0.955 bits per heavy atom. The maximum absolute atomic E-state index is 12.3. The smallest absolute Gasteiger partial charge is 0.245 e. The van der Waals surface area contributed by atoms with Crippen LogP contribution in [0, 0.1) is 5.92 Å². The van der Waals surface area contributed by atoms with Crippen LogP contribution >= 0.6 is 11.6 Å². The molecule has 1 aromatic heterocycles. The SMILES string of the molecule is CNC(=O)COCCCOCCCCOCCCOc1ccc(Nc2ncc(Cl)c(NCCN(C)C(=O)C3CCC3)n2)cc1. The number of halogens is 1. The van der Waals surface area contributed by atoms with E-state index in [4.69, 9.17) is 30.5 Å². The normalized spacial score (nSPS) is 12.8. The van der Waals surface area contributed by atoms with Gasteiger partial charge in [0.2, 0.25) is 17.8 Å². The molecule has 0 spiro atoms. The van der Waals surface area contributed by atoms with Crippen molar-refractivity contribution < 1.29 is 28.5 Å². The van der Waals surface area contributed by atoms with Crippen molar-refractivity contribution in [1.29, 1.82) is 0 Å². The minimum Gasteiger partial charge on any atom is -0.494 e. The lowest BCUT2D eigenvalue weighted by molar-refractivity contribution is -0.136. The highest BCUT2D eigenvalue weighted by Gasteiger charge is 2.27. The molecule has 1 saturated carbocycles. The van der Waals surface area contributed by atoms with Crippen molar-refractivity contribution in [1.82, 2.24) is 20.2 Å². The summed E-state index contributed by atoms with van der Waals surface area (Å²) in [6.45, 7) is 4.93. The molecule has 0 aliphatic heterocycles. The predicted octanol–water partition coefficient (Wildman–Crippen LogP) is 4.28. The zero-order chi connectivity index (χ0) is 31.4. The highest BCUT2D eigenvalue weighted by Crippen LogP contribution is 2.28. The lowest BCUT2D eigenvalue weighted by atomic mass is 9.84. The Bertz CT molecular complexity index is 1120. The maximum Gasteiger partial charge on any atom is 0.245 e. The molecule has 0 radical (unpaired) electrons. The van der Waals surface area contributed by atoms with E-state index in [1.165, 1.54) is 0 Å². The summed E-state index contributed by atoms with van der Waals surface area (Å²) in [5, 5.41) is 9.32. The summed E-state index contributed by atoms with van der Waals surface area (Å²) in [6, 6.07) is 7.58. The number of hydrogen-bond donors (Lipinski definition) is 3. The van der Waals surface area contributed by atoms with Gasteiger partial charge in [-0.15, -0.1) is 0 Å². The number of carbonyl (C=O) groups excluding carboxylic acids is 2. The Morgan fingerprint density at radius 2 is 1.61 bits per heavy atom. The number of nitrogens with zero attached hydrogens (tertiary/aromatic N) is 3. The first-order valence-corrected chi connectivity index (χ1v) is 15.8. The summed E-state index contributed by atoms with van der Waals surface area (Å²) in [5.41, 5.74) is 0.818. The summed E-state index contributed by atoms with van der Waals surface area (Å²) in [5.74, 6) is 1.97. The molecule has 3 rings (SSSR count). The number of nitrogens with one attached hydrogen (secondary N) is 3. The largest absolute Gasteiger partial charge is 0.494 e. The molecule has 12 nitrogen and oxygen atoms in total. The van der Waals surface area contributed by atoms with Crippen LogP contribution in [0.25, 0.3) is 0 Å². The van der Waals surface area contributed by atoms with Crippen molar-refractivity contribution >= 4 is 40.9 Å². The first kappa shape index (κ1) is 35.3. The van der Waals surface area contributed by atoms with Crippen molar-refractivity contribution in [3.05, 3.63) is 35.5 Å². The molecule has 13 heteroatoms. The van der Waals surface area contributed by atoms with Crippen LogP contribution in [0.4, 0.5) is 17.5 Å². The van der Waals surface area contributed by atoms with Crippen LogP contribution in [-0.4, -0.2) is 100 Å². The van der Waals surface area contributed by atoms with Gasteiger partial charge in [0.05, 0.1) is 12.8 Å². The topological polar surface area (TPSA) is 136 Å². The Hall–Kier alpha value is -3.19. The molecule has 2 amide bonds. The quantitative estimate of drug-likeness (QED) is 0.152. The van der Waals surface area contributed by atoms with E-state index in [1.54, 1.807) is 18.1 Å². The fraction of sp³-hybridized carbons (Fsp3) is 0.613. The zero-order valence-electron chi connectivity index (χ0n) is 25.9. The third-order valence-electron chi connectivity index (χ3n) is 7.04. The highest BCUT2D eigenvalue weighted by atomic mass is 35.5. The predicted molar refractivity (Wildman–Crippen MR) is 171 cm³/mol. The van der Waals surface area contributed by atoms with Gasteiger partial charge in [-0.25, -0.2) is 4.98 Å². The second kappa shape index (κ2) is 20.7. The minimum atomic E-state index is -0.121. The molecule has 3 N–H and O–H groups in total. The lowest BCUT2D eigenvalue weighted by Gasteiger charge is -2.29. The summed E-state index contributed by atoms with van der Waals surface area (Å²) in [6.07, 6.45) is 8.12. The molecule has 244 valence electrons. The number of aromatic nitrogens is 2. The monoisotopic (exact) mass is 634 g/mol. The van der Waals surface area contributed by atoms with E-state index in [0.717, 1.165) is 56.4 Å². The zero-order valence-corrected chi connectivity index (χ0v) is 26.7. The van der Waals surface area contributed by atoms with E-state index in [-0.39, 0.29) is 24.3 Å². The molecule has 1 heterocycles. The highest BCUT2D eigenvalue weighted by molar-refractivity contribution is 6.32. The molecule has 1 fully saturated rings. The lowest BCUT2D eigenvalue weighted by Crippen LogP contribution is -2.38. The number of ether oxygens (including phenoxy) is 4. The van der Waals surface area contributed by atoms with Crippen LogP contribution in [-0.2, 0) is 23.8 Å². The molecule has 1 aliphatic carbocycles. The molecule has 0 unspecified atom stereocenters. The number of likely N-dealkylation sites (N-methyl/N-ethyl adjacent to an activating group) is 2. The number of anilines is 3. The van der Waals surface area contributed by atoms with Gasteiger partial charge in [-0.05, 0) is 56.4 Å². The van der Waals surface area contributed by atoms with Crippen molar-refractivity contribution in [2.45, 2.75) is 44.9 Å². The van der Waals surface area contributed by atoms with Gasteiger partial charge in [0.25, 0.3) is 0 Å². The van der Waals surface area contributed by atoms with Crippen LogP contribution in [0.3, 0.4) is 0 Å². The first-order chi connectivity index (χ1) is 21.5. The van der Waals surface area contributed by atoms with E-state index in [9.17, 15) is 9.59 Å².